The fraction of sp³-hybridized carbons (Fsp3) is 0.450. The molecule has 1 saturated carbocycles. The monoisotopic (exact) mass is 1120 g/mol. The number of nitrogens with zero attached hydrogens (tertiary/aromatic N) is 3. The quantitative estimate of drug-likeness (QED) is 0.165. The van der Waals surface area contributed by atoms with Crippen molar-refractivity contribution in [2.75, 3.05) is 9.80 Å². The largest absolute Gasteiger partial charge is 0.468 e. The zero-order chi connectivity index (χ0) is 60.2. The van der Waals surface area contributed by atoms with Crippen molar-refractivity contribution in [3.05, 3.63) is 165 Å². The molecule has 2 atom stereocenters. The van der Waals surface area contributed by atoms with E-state index in [4.69, 9.17) is 4.42 Å². The number of anilines is 6. The van der Waals surface area contributed by atoms with Gasteiger partial charge in [0.15, 0.2) is 0 Å². The average molecular weight is 1120 g/mol. The van der Waals surface area contributed by atoms with Crippen molar-refractivity contribution < 1.29 is 4.42 Å². The van der Waals surface area contributed by atoms with Gasteiger partial charge in [0, 0.05) is 44.6 Å². The number of hydrogen-bond acceptors (Lipinski definition) is 3. The van der Waals surface area contributed by atoms with E-state index in [1.165, 1.54) is 166 Å². The van der Waals surface area contributed by atoms with E-state index in [1.807, 2.05) is 0 Å². The smallest absolute Gasteiger partial charge is 0.297 e. The van der Waals surface area contributed by atoms with Gasteiger partial charge in [-0.25, -0.2) is 0 Å². The normalized spacial score (nSPS) is 22.2. The van der Waals surface area contributed by atoms with Crippen LogP contribution in [-0.4, -0.2) is 11.3 Å². The Hall–Kier alpha value is -6.46. The van der Waals surface area contributed by atoms with Crippen LogP contribution >= 0.6 is 0 Å². The SMILES string of the molecule is Cc1cc2c(cc1N1c3cc(C(C)(C)C)ccc3B3c4oc5cc6c(cc5c4N(c4ccc5c(c4)C(C)(C)CCC5(C)C)c4cc(-n5c7cc(C(C)(C)C)ccc7c7ccc(C(C)(C)C)cc75)cc1c43)C1(C)CCC6(C)C1)C(C)(C)CCC2(C)C. The zero-order valence-corrected chi connectivity index (χ0v) is 55.2. The molecule has 2 aromatic heterocycles. The highest BCUT2D eigenvalue weighted by molar-refractivity contribution is 7.00. The maximum Gasteiger partial charge on any atom is 0.297 e. The topological polar surface area (TPSA) is 24.6 Å². The molecule has 4 heterocycles. The van der Waals surface area contributed by atoms with Crippen LogP contribution in [0.1, 0.15) is 232 Å². The van der Waals surface area contributed by atoms with Crippen molar-refractivity contribution in [2.45, 2.75) is 232 Å². The Kier molecular flexibility index (Phi) is 11.0. The number of fused-ring (bicyclic) bond motifs is 16. The Bertz CT molecular complexity index is 4340. The van der Waals surface area contributed by atoms with E-state index in [0.717, 1.165) is 24.1 Å². The average Bonchev–Trinajstić information content (AvgIpc) is 1.69. The van der Waals surface area contributed by atoms with Crippen molar-refractivity contribution in [2.24, 2.45) is 0 Å². The highest BCUT2D eigenvalue weighted by atomic mass is 16.3. The van der Waals surface area contributed by atoms with E-state index >= 15 is 0 Å². The van der Waals surface area contributed by atoms with Gasteiger partial charge >= 0.3 is 0 Å². The third kappa shape index (κ3) is 7.78. The molecule has 0 amide bonds. The summed E-state index contributed by atoms with van der Waals surface area (Å²) in [4.78, 5) is 5.46. The number of furan rings is 1. The molecular weight excluding hydrogens is 1030 g/mol. The Morgan fingerprint density at radius 2 is 0.906 bits per heavy atom. The molecule has 0 spiro atoms. The van der Waals surface area contributed by atoms with Gasteiger partial charge in [0.25, 0.3) is 6.71 Å². The summed E-state index contributed by atoms with van der Waals surface area (Å²) in [5, 5.41) is 3.79. The fourth-order valence-corrected chi connectivity index (χ4v) is 17.6. The summed E-state index contributed by atoms with van der Waals surface area (Å²) < 4.78 is 10.5. The number of benzene rings is 7. The van der Waals surface area contributed by atoms with Crippen LogP contribution in [0.25, 0.3) is 38.5 Å². The van der Waals surface area contributed by atoms with E-state index in [0.29, 0.717) is 0 Å². The van der Waals surface area contributed by atoms with Crippen LogP contribution in [0.2, 0.25) is 0 Å². The molecule has 0 N–H and O–H groups in total. The molecule has 436 valence electrons. The lowest BCUT2D eigenvalue weighted by molar-refractivity contribution is 0.332. The molecule has 9 aromatic rings. The standard InChI is InChI=1S/C80H92BN3O/c1-46-35-56-58(78(17,18)32-31-76(56,13)14)43-62(46)84-65-38-49(74(8,9)10)23-28-61(65)81-69-66(40-51(41-67(69)84)82-63-36-47(72(2,3)4)21-25-52(63)53-26-22-48(37-64(53)82)73(5,6)7)83(50-24-27-55-57(39-50)77(15,16)30-29-75(55,11)12)70-54-42-59-60(44-68(54)85-71(70)81)80(20)34-33-79(59,19)45-80/h21-28,35-44H,29-34,45H2,1-20H3. The molecule has 2 unspecified atom stereocenters. The summed E-state index contributed by atoms with van der Waals surface area (Å²) in [6.45, 7) is 48.4. The van der Waals surface area contributed by atoms with Gasteiger partial charge in [0.1, 0.15) is 5.58 Å². The number of aromatic nitrogens is 1. The van der Waals surface area contributed by atoms with Crippen molar-refractivity contribution in [1.82, 2.24) is 4.57 Å². The first kappa shape index (κ1) is 55.1. The Morgan fingerprint density at radius 3 is 1.47 bits per heavy atom. The number of hydrogen-bond donors (Lipinski definition) is 0. The van der Waals surface area contributed by atoms with Crippen molar-refractivity contribution >= 4 is 90.2 Å². The lowest BCUT2D eigenvalue weighted by atomic mass is 9.35. The van der Waals surface area contributed by atoms with Gasteiger partial charge in [-0.05, 0) is 228 Å². The minimum atomic E-state index is -0.185. The van der Waals surface area contributed by atoms with E-state index in [9.17, 15) is 0 Å². The lowest BCUT2D eigenvalue weighted by Crippen LogP contribution is -2.61. The van der Waals surface area contributed by atoms with Crippen LogP contribution in [0.3, 0.4) is 0 Å². The van der Waals surface area contributed by atoms with Crippen molar-refractivity contribution in [3.63, 3.8) is 0 Å². The molecule has 5 heteroatoms. The van der Waals surface area contributed by atoms with Gasteiger partial charge in [-0.15, -0.1) is 0 Å². The predicted octanol–water partition coefficient (Wildman–Crippen LogP) is 20.2. The second kappa shape index (κ2) is 17.0. The summed E-state index contributed by atoms with van der Waals surface area (Å²) in [6.07, 6.45) is 8.28. The third-order valence-electron chi connectivity index (χ3n) is 23.2. The minimum Gasteiger partial charge on any atom is -0.468 e. The Balaban J connectivity index is 1.14. The molecule has 2 bridgehead atoms. The van der Waals surface area contributed by atoms with Crippen LogP contribution in [0, 0.1) is 6.92 Å². The van der Waals surface area contributed by atoms with Crippen LogP contribution < -0.4 is 26.4 Å². The van der Waals surface area contributed by atoms with Gasteiger partial charge in [-0.2, -0.15) is 0 Å². The summed E-state index contributed by atoms with van der Waals surface area (Å²) in [5.74, 6) is 0. The molecule has 2 aliphatic heterocycles. The van der Waals surface area contributed by atoms with Crippen LogP contribution in [0.4, 0.5) is 34.1 Å². The van der Waals surface area contributed by atoms with Gasteiger partial charge in [0.05, 0.1) is 28.1 Å². The number of rotatable bonds is 3. The van der Waals surface area contributed by atoms with Crippen LogP contribution in [0.5, 0.6) is 0 Å². The molecule has 7 aromatic carbocycles. The van der Waals surface area contributed by atoms with Gasteiger partial charge in [-0.1, -0.05) is 180 Å². The maximum atomic E-state index is 7.88. The summed E-state index contributed by atoms with van der Waals surface area (Å²) in [7, 11) is 0. The van der Waals surface area contributed by atoms with Gasteiger partial charge in [-0.3, -0.25) is 0 Å². The van der Waals surface area contributed by atoms with Crippen molar-refractivity contribution in [1.29, 1.82) is 0 Å². The predicted molar refractivity (Wildman–Crippen MR) is 365 cm³/mol. The zero-order valence-electron chi connectivity index (χ0n) is 55.2. The first-order valence-corrected chi connectivity index (χ1v) is 32.5. The lowest BCUT2D eigenvalue weighted by Gasteiger charge is -2.46. The van der Waals surface area contributed by atoms with E-state index in [2.05, 4.69) is 262 Å². The first-order valence-electron chi connectivity index (χ1n) is 32.5. The highest BCUT2D eigenvalue weighted by Crippen LogP contribution is 2.62. The Morgan fingerprint density at radius 1 is 0.412 bits per heavy atom. The van der Waals surface area contributed by atoms with E-state index < -0.39 is 0 Å². The second-order valence-electron chi connectivity index (χ2n) is 34.3. The molecule has 1 fully saturated rings. The van der Waals surface area contributed by atoms with Crippen LogP contribution in [-0.2, 0) is 48.7 Å². The van der Waals surface area contributed by atoms with Gasteiger partial charge < -0.3 is 18.8 Å². The molecule has 4 aliphatic carbocycles. The van der Waals surface area contributed by atoms with Crippen molar-refractivity contribution in [3.8, 4) is 5.69 Å². The molecular formula is C80H92BN3O. The Labute approximate surface area is 508 Å². The van der Waals surface area contributed by atoms with E-state index in [-0.39, 0.29) is 55.4 Å². The van der Waals surface area contributed by atoms with Gasteiger partial charge in [0.2, 0.25) is 0 Å². The minimum absolute atomic E-state index is 0.00281. The number of aryl methyl sites for hydroxylation is 1. The van der Waals surface area contributed by atoms with Crippen LogP contribution in [0.15, 0.2) is 114 Å². The molecule has 15 rings (SSSR count). The molecule has 85 heavy (non-hydrogen) atoms. The first-order chi connectivity index (χ1) is 39.6. The molecule has 0 radical (unpaired) electrons. The molecule has 0 saturated heterocycles. The molecule has 6 aliphatic rings. The fourth-order valence-electron chi connectivity index (χ4n) is 17.6. The van der Waals surface area contributed by atoms with E-state index in [1.54, 1.807) is 0 Å². The third-order valence-corrected chi connectivity index (χ3v) is 23.2. The maximum absolute atomic E-state index is 7.88. The summed E-state index contributed by atoms with van der Waals surface area (Å²) in [6, 6.07) is 45.3. The summed E-state index contributed by atoms with van der Waals surface area (Å²) >= 11 is 0. The summed E-state index contributed by atoms with van der Waals surface area (Å²) in [5.41, 5.74) is 30.1. The molecule has 4 nitrogen and oxygen atoms in total. The highest BCUT2D eigenvalue weighted by Gasteiger charge is 2.55. The second-order valence-corrected chi connectivity index (χ2v) is 34.3.